The number of nitrogens with zero attached hydrogens (tertiary/aromatic N) is 1. The summed E-state index contributed by atoms with van der Waals surface area (Å²) in [7, 11) is -0.715. The highest BCUT2D eigenvalue weighted by Gasteiger charge is 2.29. The quantitative estimate of drug-likeness (QED) is 0.245. The predicted octanol–water partition coefficient (Wildman–Crippen LogP) is 7.64. The van der Waals surface area contributed by atoms with E-state index in [1.807, 2.05) is 0 Å². The van der Waals surface area contributed by atoms with E-state index >= 15 is 0 Å². The fourth-order valence-corrected chi connectivity index (χ4v) is 7.27. The van der Waals surface area contributed by atoms with Crippen molar-refractivity contribution in [3.05, 3.63) is 132 Å². The molecule has 0 saturated carbocycles. The Morgan fingerprint density at radius 2 is 0.971 bits per heavy atom. The number of anilines is 3. The molecule has 170 valence electrons. The van der Waals surface area contributed by atoms with Gasteiger partial charge >= 0.3 is 0 Å². The number of fused-ring (bicyclic) bond motifs is 2. The Labute approximate surface area is 208 Å². The molecule has 0 radical (unpaired) electrons. The minimum Gasteiger partial charge on any atom is -0.456 e. The van der Waals surface area contributed by atoms with Crippen LogP contribution in [0.4, 0.5) is 17.1 Å². The molecule has 3 heteroatoms. The average Bonchev–Trinajstić information content (AvgIpc) is 2.89. The van der Waals surface area contributed by atoms with Gasteiger partial charge in [-0.1, -0.05) is 71.8 Å². The van der Waals surface area contributed by atoms with Crippen LogP contribution in [0.5, 0.6) is 11.5 Å². The molecular formula is C32H26NOP. The summed E-state index contributed by atoms with van der Waals surface area (Å²) < 4.78 is 6.32. The number of para-hydroxylation sites is 2. The lowest BCUT2D eigenvalue weighted by molar-refractivity contribution is 0.488. The third-order valence-corrected chi connectivity index (χ3v) is 8.80. The van der Waals surface area contributed by atoms with Crippen molar-refractivity contribution >= 4 is 40.9 Å². The van der Waals surface area contributed by atoms with Gasteiger partial charge in [-0.3, -0.25) is 0 Å². The van der Waals surface area contributed by atoms with Crippen LogP contribution >= 0.6 is 7.92 Å². The number of hydrogen-bond acceptors (Lipinski definition) is 2. The van der Waals surface area contributed by atoms with Crippen molar-refractivity contribution in [1.29, 1.82) is 0 Å². The van der Waals surface area contributed by atoms with Crippen LogP contribution in [0, 0.1) is 13.8 Å². The van der Waals surface area contributed by atoms with Crippen LogP contribution < -0.4 is 25.6 Å². The topological polar surface area (TPSA) is 12.5 Å². The predicted molar refractivity (Wildman–Crippen MR) is 149 cm³/mol. The summed E-state index contributed by atoms with van der Waals surface area (Å²) in [4.78, 5) is 2.30. The maximum Gasteiger partial charge on any atom is 0.135 e. The number of ether oxygens (including phenoxy) is 1. The SMILES string of the molecule is Cc1ccc2c(c1)P(c1ccc(N(c3ccccc3)c3ccccc3)cc1)c1cc(C)ccc1O2. The van der Waals surface area contributed by atoms with E-state index in [0.717, 1.165) is 28.6 Å². The summed E-state index contributed by atoms with van der Waals surface area (Å²) >= 11 is 0. The summed E-state index contributed by atoms with van der Waals surface area (Å²) in [6, 6.07) is 43.2. The molecule has 0 aliphatic carbocycles. The highest BCUT2D eigenvalue weighted by molar-refractivity contribution is 7.80. The Morgan fingerprint density at radius 3 is 1.46 bits per heavy atom. The number of rotatable bonds is 4. The molecule has 0 aromatic heterocycles. The molecule has 5 aromatic carbocycles. The van der Waals surface area contributed by atoms with Gasteiger partial charge in [-0.25, -0.2) is 0 Å². The first-order valence-corrected chi connectivity index (χ1v) is 13.2. The second-order valence-corrected chi connectivity index (χ2v) is 11.1. The van der Waals surface area contributed by atoms with Crippen LogP contribution in [0.1, 0.15) is 11.1 Å². The molecule has 1 heterocycles. The summed E-state index contributed by atoms with van der Waals surface area (Å²) in [5, 5.41) is 3.90. The smallest absolute Gasteiger partial charge is 0.135 e. The van der Waals surface area contributed by atoms with Gasteiger partial charge in [-0.15, -0.1) is 0 Å². The molecule has 0 N–H and O–H groups in total. The zero-order chi connectivity index (χ0) is 23.8. The average molecular weight is 472 g/mol. The summed E-state index contributed by atoms with van der Waals surface area (Å²) in [5.74, 6) is 1.94. The Morgan fingerprint density at radius 1 is 0.514 bits per heavy atom. The lowest BCUT2D eigenvalue weighted by Crippen LogP contribution is -2.27. The molecule has 0 amide bonds. The molecule has 0 saturated heterocycles. The fourth-order valence-electron chi connectivity index (χ4n) is 4.66. The zero-order valence-corrected chi connectivity index (χ0v) is 20.7. The van der Waals surface area contributed by atoms with E-state index in [2.05, 4.69) is 140 Å². The van der Waals surface area contributed by atoms with E-state index in [1.54, 1.807) is 0 Å². The first kappa shape index (κ1) is 21.6. The molecule has 6 rings (SSSR count). The molecule has 0 unspecified atom stereocenters. The van der Waals surface area contributed by atoms with Gasteiger partial charge < -0.3 is 9.64 Å². The number of benzene rings is 5. The molecule has 0 bridgehead atoms. The maximum atomic E-state index is 6.32. The van der Waals surface area contributed by atoms with Crippen molar-refractivity contribution in [3.8, 4) is 11.5 Å². The Bertz CT molecular complexity index is 1390. The molecule has 35 heavy (non-hydrogen) atoms. The summed E-state index contributed by atoms with van der Waals surface area (Å²) in [6.45, 7) is 4.31. The summed E-state index contributed by atoms with van der Waals surface area (Å²) in [5.41, 5.74) is 5.94. The molecule has 0 fully saturated rings. The van der Waals surface area contributed by atoms with E-state index in [9.17, 15) is 0 Å². The third kappa shape index (κ3) is 4.11. The van der Waals surface area contributed by atoms with Crippen molar-refractivity contribution in [2.24, 2.45) is 0 Å². The second-order valence-electron chi connectivity index (χ2n) is 8.90. The van der Waals surface area contributed by atoms with Crippen molar-refractivity contribution in [1.82, 2.24) is 0 Å². The first-order chi connectivity index (χ1) is 17.2. The minimum absolute atomic E-state index is 0.715. The Kier molecular flexibility index (Phi) is 5.60. The molecule has 0 spiro atoms. The van der Waals surface area contributed by atoms with E-state index < -0.39 is 7.92 Å². The fraction of sp³-hybridized carbons (Fsp3) is 0.0625. The van der Waals surface area contributed by atoms with Gasteiger partial charge in [0.15, 0.2) is 0 Å². The largest absolute Gasteiger partial charge is 0.456 e. The Hall–Kier alpha value is -3.87. The second kappa shape index (κ2) is 9.06. The van der Waals surface area contributed by atoms with Gasteiger partial charge in [0.2, 0.25) is 0 Å². The van der Waals surface area contributed by atoms with Crippen LogP contribution in [-0.2, 0) is 0 Å². The molecule has 1 aliphatic rings. The maximum absolute atomic E-state index is 6.32. The molecule has 1 aliphatic heterocycles. The first-order valence-electron chi connectivity index (χ1n) is 11.9. The van der Waals surface area contributed by atoms with E-state index in [0.29, 0.717) is 0 Å². The third-order valence-electron chi connectivity index (χ3n) is 6.33. The van der Waals surface area contributed by atoms with Gasteiger partial charge in [-0.05, 0) is 87.7 Å². The van der Waals surface area contributed by atoms with Gasteiger partial charge in [0, 0.05) is 27.7 Å². The zero-order valence-electron chi connectivity index (χ0n) is 19.8. The minimum atomic E-state index is -0.715. The lowest BCUT2D eigenvalue weighted by atomic mass is 10.2. The van der Waals surface area contributed by atoms with Crippen LogP contribution in [0.2, 0.25) is 0 Å². The van der Waals surface area contributed by atoms with Crippen LogP contribution in [0.25, 0.3) is 0 Å². The van der Waals surface area contributed by atoms with E-state index in [4.69, 9.17) is 4.74 Å². The van der Waals surface area contributed by atoms with Crippen molar-refractivity contribution in [2.75, 3.05) is 4.90 Å². The van der Waals surface area contributed by atoms with Gasteiger partial charge in [-0.2, -0.15) is 0 Å². The molecule has 5 aromatic rings. The van der Waals surface area contributed by atoms with Gasteiger partial charge in [0.1, 0.15) is 11.5 Å². The summed E-state index contributed by atoms with van der Waals surface area (Å²) in [6.07, 6.45) is 0. The molecular weight excluding hydrogens is 445 g/mol. The van der Waals surface area contributed by atoms with Crippen molar-refractivity contribution < 1.29 is 4.74 Å². The number of hydrogen-bond donors (Lipinski definition) is 0. The Balaban J connectivity index is 1.46. The van der Waals surface area contributed by atoms with Crippen molar-refractivity contribution in [2.45, 2.75) is 13.8 Å². The highest BCUT2D eigenvalue weighted by Crippen LogP contribution is 2.45. The van der Waals surface area contributed by atoms with Crippen LogP contribution in [0.15, 0.2) is 121 Å². The van der Waals surface area contributed by atoms with Crippen molar-refractivity contribution in [3.63, 3.8) is 0 Å². The highest BCUT2D eigenvalue weighted by atomic mass is 31.1. The normalized spacial score (nSPS) is 12.4. The van der Waals surface area contributed by atoms with Crippen LogP contribution in [-0.4, -0.2) is 0 Å². The molecule has 2 nitrogen and oxygen atoms in total. The standard InChI is InChI=1S/C32H26NOP/c1-23-13-19-29-31(21-23)35(32-22-24(2)14-20-30(32)34-29)28-17-15-27(16-18-28)33(25-9-5-3-6-10-25)26-11-7-4-8-12-26/h3-22H,1-2H3. The number of aryl methyl sites for hydroxylation is 2. The monoisotopic (exact) mass is 471 g/mol. The van der Waals surface area contributed by atoms with Gasteiger partial charge in [0.25, 0.3) is 0 Å². The van der Waals surface area contributed by atoms with Crippen LogP contribution in [0.3, 0.4) is 0 Å². The lowest BCUT2D eigenvalue weighted by Gasteiger charge is -2.30. The van der Waals surface area contributed by atoms with E-state index in [-0.39, 0.29) is 0 Å². The van der Waals surface area contributed by atoms with Gasteiger partial charge in [0.05, 0.1) is 0 Å². The molecule has 0 atom stereocenters. The van der Waals surface area contributed by atoms with E-state index in [1.165, 1.54) is 27.0 Å².